The van der Waals surface area contributed by atoms with Gasteiger partial charge in [0.1, 0.15) is 22.8 Å². The molecule has 176 valence electrons. The Hall–Kier alpha value is -3.47. The van der Waals surface area contributed by atoms with Gasteiger partial charge in [-0.1, -0.05) is 12.8 Å². The second-order valence-electron chi connectivity index (χ2n) is 8.22. The molecule has 0 aliphatic heterocycles. The molecule has 0 spiro atoms. The summed E-state index contributed by atoms with van der Waals surface area (Å²) in [6, 6.07) is 7.63. The Balaban J connectivity index is 1.79. The maximum atomic E-state index is 12.6. The van der Waals surface area contributed by atoms with Crippen LogP contribution in [0.15, 0.2) is 24.3 Å². The predicted molar refractivity (Wildman–Crippen MR) is 129 cm³/mol. The number of aromatic nitrogens is 2. The number of hydrogen-bond acceptors (Lipinski definition) is 5. The van der Waals surface area contributed by atoms with Crippen molar-refractivity contribution >= 4 is 17.6 Å². The van der Waals surface area contributed by atoms with Crippen LogP contribution in [0.1, 0.15) is 56.4 Å². The first kappa shape index (κ1) is 24.2. The van der Waals surface area contributed by atoms with E-state index in [9.17, 15) is 9.59 Å². The van der Waals surface area contributed by atoms with E-state index in [1.807, 2.05) is 31.2 Å². The molecule has 1 aliphatic rings. The first-order chi connectivity index (χ1) is 15.9. The zero-order valence-corrected chi connectivity index (χ0v) is 19.9. The first-order valence-electron chi connectivity index (χ1n) is 11.5. The summed E-state index contributed by atoms with van der Waals surface area (Å²) in [5.41, 5.74) is 8.16. The maximum absolute atomic E-state index is 12.6. The van der Waals surface area contributed by atoms with Crippen LogP contribution in [0.2, 0.25) is 0 Å². The van der Waals surface area contributed by atoms with Gasteiger partial charge in [-0.15, -0.1) is 0 Å². The molecule has 1 aromatic carbocycles. The highest BCUT2D eigenvalue weighted by Crippen LogP contribution is 2.41. The minimum absolute atomic E-state index is 0.0883. The topological polar surface area (TPSA) is 102 Å². The zero-order chi connectivity index (χ0) is 24.0. The Bertz CT molecular complexity index is 1040. The van der Waals surface area contributed by atoms with Gasteiger partial charge < -0.3 is 20.7 Å². The van der Waals surface area contributed by atoms with Gasteiger partial charge in [-0.05, 0) is 69.2 Å². The molecule has 1 heterocycles. The number of benzene rings is 1. The van der Waals surface area contributed by atoms with Gasteiger partial charge in [0, 0.05) is 25.7 Å². The largest absolute Gasteiger partial charge is 0.494 e. The number of anilines is 1. The summed E-state index contributed by atoms with van der Waals surface area (Å²) in [5, 5.41) is 7.42. The fourth-order valence-corrected chi connectivity index (χ4v) is 4.11. The number of rotatable bonds is 9. The average Bonchev–Trinajstić information content (AvgIpc) is 3.13. The number of carbonyl (C=O) groups excluding carboxylic acids is 2. The molecule has 0 bridgehead atoms. The Labute approximate surface area is 195 Å². The predicted octanol–water partition coefficient (Wildman–Crippen LogP) is 3.10. The van der Waals surface area contributed by atoms with E-state index in [0.29, 0.717) is 42.7 Å². The first-order valence-corrected chi connectivity index (χ1v) is 11.5. The second-order valence-corrected chi connectivity index (χ2v) is 8.22. The molecule has 0 radical (unpaired) electrons. The van der Waals surface area contributed by atoms with Crippen molar-refractivity contribution in [1.29, 1.82) is 0 Å². The monoisotopic (exact) mass is 451 g/mol. The Morgan fingerprint density at radius 1 is 1.27 bits per heavy atom. The highest BCUT2D eigenvalue weighted by atomic mass is 16.5. The van der Waals surface area contributed by atoms with E-state index in [4.69, 9.17) is 15.6 Å². The summed E-state index contributed by atoms with van der Waals surface area (Å²) in [6.07, 6.45) is 2.61. The Kier molecular flexibility index (Phi) is 7.99. The van der Waals surface area contributed by atoms with Crippen LogP contribution >= 0.6 is 0 Å². The molecule has 2 aromatic rings. The van der Waals surface area contributed by atoms with Crippen molar-refractivity contribution in [2.45, 2.75) is 46.1 Å². The Morgan fingerprint density at radius 3 is 2.55 bits per heavy atom. The molecule has 0 unspecified atom stereocenters. The molecule has 3 rings (SSSR count). The number of ether oxygens (including phenoxy) is 1. The highest BCUT2D eigenvalue weighted by molar-refractivity contribution is 6.04. The van der Waals surface area contributed by atoms with Crippen molar-refractivity contribution in [2.75, 3.05) is 32.5 Å². The standard InChI is InChI=1S/C25H33N5O3/c1-5-8-21(31)29(7-3)16-17-14-19(15-17)30-24(26)22(25(32)27-4)23(28-30)18-9-11-20(12-10-18)33-13-6-2/h9-12,17,19H,6-7,13-16,26H2,1-4H3,(H,27,32). The summed E-state index contributed by atoms with van der Waals surface area (Å²) >= 11 is 0. The summed E-state index contributed by atoms with van der Waals surface area (Å²) in [5.74, 6) is 6.36. The lowest BCUT2D eigenvalue weighted by Crippen LogP contribution is -2.40. The van der Waals surface area contributed by atoms with E-state index in [1.165, 1.54) is 0 Å². The molecule has 1 fully saturated rings. The van der Waals surface area contributed by atoms with E-state index in [-0.39, 0.29) is 17.9 Å². The molecule has 3 N–H and O–H groups in total. The number of nitrogens with two attached hydrogens (primary N) is 1. The van der Waals surface area contributed by atoms with E-state index in [1.54, 1.807) is 23.6 Å². The lowest BCUT2D eigenvalue weighted by atomic mass is 9.80. The molecule has 0 saturated heterocycles. The molecular weight excluding hydrogens is 418 g/mol. The fourth-order valence-electron chi connectivity index (χ4n) is 4.11. The molecule has 1 aromatic heterocycles. The van der Waals surface area contributed by atoms with Crippen LogP contribution in [-0.4, -0.2) is 53.2 Å². The van der Waals surface area contributed by atoms with Gasteiger partial charge in [-0.2, -0.15) is 5.10 Å². The maximum Gasteiger partial charge on any atom is 0.298 e. The normalized spacial score (nSPS) is 16.8. The lowest BCUT2D eigenvalue weighted by Gasteiger charge is -2.38. The van der Waals surface area contributed by atoms with Gasteiger partial charge in [0.25, 0.3) is 11.8 Å². The minimum Gasteiger partial charge on any atom is -0.494 e. The van der Waals surface area contributed by atoms with Crippen LogP contribution in [0, 0.1) is 17.8 Å². The van der Waals surface area contributed by atoms with E-state index in [2.05, 4.69) is 24.1 Å². The number of hydrogen-bond donors (Lipinski definition) is 2. The lowest BCUT2D eigenvalue weighted by molar-refractivity contribution is -0.126. The summed E-state index contributed by atoms with van der Waals surface area (Å²) < 4.78 is 7.42. The molecule has 0 atom stereocenters. The smallest absolute Gasteiger partial charge is 0.298 e. The van der Waals surface area contributed by atoms with Crippen LogP contribution in [0.5, 0.6) is 5.75 Å². The van der Waals surface area contributed by atoms with Crippen LogP contribution in [0.25, 0.3) is 11.3 Å². The summed E-state index contributed by atoms with van der Waals surface area (Å²) in [7, 11) is 1.58. The van der Waals surface area contributed by atoms with E-state index < -0.39 is 0 Å². The Morgan fingerprint density at radius 2 is 1.97 bits per heavy atom. The number of nitrogens with one attached hydrogen (secondary N) is 1. The van der Waals surface area contributed by atoms with Crippen LogP contribution in [0.3, 0.4) is 0 Å². The van der Waals surface area contributed by atoms with E-state index in [0.717, 1.165) is 30.6 Å². The number of nitrogens with zero attached hydrogens (tertiary/aromatic N) is 3. The number of carbonyl (C=O) groups is 2. The molecule has 33 heavy (non-hydrogen) atoms. The van der Waals surface area contributed by atoms with Crippen molar-refractivity contribution in [1.82, 2.24) is 20.0 Å². The molecular formula is C25H33N5O3. The van der Waals surface area contributed by atoms with Gasteiger partial charge in [0.2, 0.25) is 0 Å². The summed E-state index contributed by atoms with van der Waals surface area (Å²) in [4.78, 5) is 26.5. The molecule has 8 nitrogen and oxygen atoms in total. The van der Waals surface area contributed by atoms with Gasteiger partial charge in [0.15, 0.2) is 0 Å². The van der Waals surface area contributed by atoms with Crippen LogP contribution in [0.4, 0.5) is 5.82 Å². The third kappa shape index (κ3) is 5.30. The quantitative estimate of drug-likeness (QED) is 0.571. The fraction of sp³-hybridized carbons (Fsp3) is 0.480. The van der Waals surface area contributed by atoms with Crippen molar-refractivity contribution < 1.29 is 14.3 Å². The SMILES string of the molecule is CC#CC(=O)N(CC)CC1CC(n2nc(-c3ccc(OCCC)cc3)c(C(=O)NC)c2N)C1. The average molecular weight is 452 g/mol. The van der Waals surface area contributed by atoms with Crippen molar-refractivity contribution in [2.24, 2.45) is 5.92 Å². The third-order valence-corrected chi connectivity index (χ3v) is 5.94. The number of amides is 2. The minimum atomic E-state index is -0.267. The molecule has 1 aliphatic carbocycles. The van der Waals surface area contributed by atoms with Crippen molar-refractivity contribution in [3.05, 3.63) is 29.8 Å². The van der Waals surface area contributed by atoms with Crippen molar-refractivity contribution in [3.8, 4) is 28.8 Å². The number of nitrogen functional groups attached to an aromatic ring is 1. The van der Waals surface area contributed by atoms with Crippen LogP contribution in [-0.2, 0) is 4.79 Å². The zero-order valence-electron chi connectivity index (χ0n) is 19.9. The molecule has 2 amide bonds. The van der Waals surface area contributed by atoms with Crippen molar-refractivity contribution in [3.63, 3.8) is 0 Å². The van der Waals surface area contributed by atoms with Gasteiger partial charge in [0.05, 0.1) is 12.6 Å². The molecule has 8 heteroatoms. The second kappa shape index (κ2) is 10.9. The van der Waals surface area contributed by atoms with E-state index >= 15 is 0 Å². The third-order valence-electron chi connectivity index (χ3n) is 5.94. The molecule has 1 saturated carbocycles. The highest BCUT2D eigenvalue weighted by Gasteiger charge is 2.36. The summed E-state index contributed by atoms with van der Waals surface area (Å²) in [6.45, 7) is 7.62. The van der Waals surface area contributed by atoms with Gasteiger partial charge in [-0.25, -0.2) is 4.68 Å². The van der Waals surface area contributed by atoms with Gasteiger partial charge >= 0.3 is 0 Å². The van der Waals surface area contributed by atoms with Gasteiger partial charge in [-0.3, -0.25) is 9.59 Å². The van der Waals surface area contributed by atoms with Crippen LogP contribution < -0.4 is 15.8 Å².